The second-order valence-corrected chi connectivity index (χ2v) is 6.80. The van der Waals surface area contributed by atoms with Crippen molar-refractivity contribution in [2.75, 3.05) is 0 Å². The van der Waals surface area contributed by atoms with Gasteiger partial charge in [-0.1, -0.05) is 45.4 Å². The van der Waals surface area contributed by atoms with Crippen LogP contribution in [0.5, 0.6) is 0 Å². The Hall–Kier alpha value is -1.28. The molecule has 0 bridgehead atoms. The van der Waals surface area contributed by atoms with Gasteiger partial charge in [0, 0.05) is 23.4 Å². The van der Waals surface area contributed by atoms with Crippen molar-refractivity contribution in [3.05, 3.63) is 35.6 Å². The Balaban J connectivity index is 2.09. The summed E-state index contributed by atoms with van der Waals surface area (Å²) in [6, 6.07) is 8.39. The molecular formula is C18H25NO. The molecule has 2 heteroatoms. The highest BCUT2D eigenvalue weighted by molar-refractivity contribution is 5.82. The van der Waals surface area contributed by atoms with E-state index in [-0.39, 0.29) is 6.04 Å². The SMILES string of the molecule is CCc1oc2ccccc2c1C(N)C1CCCC1(C)C. The number of aryl methyl sites for hydroxylation is 1. The van der Waals surface area contributed by atoms with Crippen LogP contribution >= 0.6 is 0 Å². The molecule has 1 aliphatic rings. The molecule has 2 unspecified atom stereocenters. The summed E-state index contributed by atoms with van der Waals surface area (Å²) in [6.07, 6.45) is 4.72. The predicted molar refractivity (Wildman–Crippen MR) is 83.6 cm³/mol. The number of hydrogen-bond donors (Lipinski definition) is 1. The number of benzene rings is 1. The summed E-state index contributed by atoms with van der Waals surface area (Å²) in [5.41, 5.74) is 9.27. The lowest BCUT2D eigenvalue weighted by atomic mass is 9.75. The van der Waals surface area contributed by atoms with Gasteiger partial charge >= 0.3 is 0 Å². The number of hydrogen-bond acceptors (Lipinski definition) is 2. The van der Waals surface area contributed by atoms with E-state index in [1.807, 2.05) is 12.1 Å². The van der Waals surface area contributed by atoms with Crippen LogP contribution in [0.4, 0.5) is 0 Å². The molecular weight excluding hydrogens is 246 g/mol. The van der Waals surface area contributed by atoms with Gasteiger partial charge in [0.1, 0.15) is 11.3 Å². The van der Waals surface area contributed by atoms with E-state index in [1.54, 1.807) is 0 Å². The smallest absolute Gasteiger partial charge is 0.134 e. The lowest BCUT2D eigenvalue weighted by molar-refractivity contribution is 0.221. The fourth-order valence-corrected chi connectivity index (χ4v) is 3.96. The molecule has 0 radical (unpaired) electrons. The molecule has 1 aromatic heterocycles. The van der Waals surface area contributed by atoms with Crippen LogP contribution in [0.2, 0.25) is 0 Å². The zero-order valence-corrected chi connectivity index (χ0v) is 12.8. The monoisotopic (exact) mass is 271 g/mol. The first kappa shape index (κ1) is 13.7. The molecule has 2 N–H and O–H groups in total. The highest BCUT2D eigenvalue weighted by Gasteiger charge is 2.40. The van der Waals surface area contributed by atoms with Gasteiger partial charge < -0.3 is 10.2 Å². The van der Waals surface area contributed by atoms with Crippen LogP contribution in [-0.4, -0.2) is 0 Å². The second kappa shape index (κ2) is 4.92. The Morgan fingerprint density at radius 2 is 2.10 bits per heavy atom. The van der Waals surface area contributed by atoms with Crippen molar-refractivity contribution in [3.63, 3.8) is 0 Å². The second-order valence-electron chi connectivity index (χ2n) is 6.80. The van der Waals surface area contributed by atoms with E-state index in [1.165, 1.54) is 30.2 Å². The molecule has 2 atom stereocenters. The Morgan fingerprint density at radius 1 is 1.35 bits per heavy atom. The van der Waals surface area contributed by atoms with Gasteiger partial charge in [-0.15, -0.1) is 0 Å². The van der Waals surface area contributed by atoms with Crippen LogP contribution in [0, 0.1) is 11.3 Å². The van der Waals surface area contributed by atoms with Crippen LogP contribution in [0.1, 0.15) is 57.4 Å². The fourth-order valence-electron chi connectivity index (χ4n) is 3.96. The van der Waals surface area contributed by atoms with Gasteiger partial charge in [0.05, 0.1) is 0 Å². The molecule has 0 saturated heterocycles. The first-order valence-electron chi connectivity index (χ1n) is 7.80. The van der Waals surface area contributed by atoms with Crippen LogP contribution < -0.4 is 5.73 Å². The summed E-state index contributed by atoms with van der Waals surface area (Å²) in [4.78, 5) is 0. The summed E-state index contributed by atoms with van der Waals surface area (Å²) in [5.74, 6) is 1.62. The number of fused-ring (bicyclic) bond motifs is 1. The van der Waals surface area contributed by atoms with Gasteiger partial charge in [0.25, 0.3) is 0 Å². The van der Waals surface area contributed by atoms with E-state index in [2.05, 4.69) is 32.9 Å². The van der Waals surface area contributed by atoms with Crippen molar-refractivity contribution in [2.24, 2.45) is 17.1 Å². The summed E-state index contributed by atoms with van der Waals surface area (Å²) in [6.45, 7) is 6.87. The molecule has 2 nitrogen and oxygen atoms in total. The van der Waals surface area contributed by atoms with Gasteiger partial charge in [0.15, 0.2) is 0 Å². The number of nitrogens with two attached hydrogens (primary N) is 1. The van der Waals surface area contributed by atoms with E-state index in [0.29, 0.717) is 11.3 Å². The molecule has 108 valence electrons. The first-order valence-corrected chi connectivity index (χ1v) is 7.80. The van der Waals surface area contributed by atoms with Crippen LogP contribution in [0.15, 0.2) is 28.7 Å². The van der Waals surface area contributed by atoms with Gasteiger partial charge in [-0.25, -0.2) is 0 Å². The van der Waals surface area contributed by atoms with E-state index in [4.69, 9.17) is 10.2 Å². The molecule has 1 aliphatic carbocycles. The van der Waals surface area contributed by atoms with E-state index in [9.17, 15) is 0 Å². The van der Waals surface area contributed by atoms with Gasteiger partial charge in [0.2, 0.25) is 0 Å². The normalized spacial score (nSPS) is 23.3. The fraction of sp³-hybridized carbons (Fsp3) is 0.556. The topological polar surface area (TPSA) is 39.2 Å². The summed E-state index contributed by atoms with van der Waals surface area (Å²) in [7, 11) is 0. The van der Waals surface area contributed by atoms with Crippen molar-refractivity contribution < 1.29 is 4.42 Å². The van der Waals surface area contributed by atoms with Gasteiger partial charge in [-0.05, 0) is 30.2 Å². The largest absolute Gasteiger partial charge is 0.461 e. The van der Waals surface area contributed by atoms with Crippen LogP contribution in [0.25, 0.3) is 11.0 Å². The van der Waals surface area contributed by atoms with Crippen molar-refractivity contribution >= 4 is 11.0 Å². The van der Waals surface area contributed by atoms with Crippen LogP contribution in [-0.2, 0) is 6.42 Å². The molecule has 3 rings (SSSR count). The zero-order valence-electron chi connectivity index (χ0n) is 12.8. The standard InChI is InChI=1S/C18H25NO/c1-4-14-16(12-8-5-6-10-15(12)20-14)17(19)13-9-7-11-18(13,2)3/h5-6,8,10,13,17H,4,7,9,11,19H2,1-3H3. The summed E-state index contributed by atoms with van der Waals surface area (Å²) in [5, 5.41) is 1.21. The van der Waals surface area contributed by atoms with Crippen molar-refractivity contribution in [3.8, 4) is 0 Å². The molecule has 0 aliphatic heterocycles. The average Bonchev–Trinajstić information content (AvgIpc) is 2.97. The van der Waals surface area contributed by atoms with Gasteiger partial charge in [-0.2, -0.15) is 0 Å². The molecule has 2 aromatic rings. The quantitative estimate of drug-likeness (QED) is 0.869. The maximum atomic E-state index is 6.70. The molecule has 1 fully saturated rings. The minimum absolute atomic E-state index is 0.0890. The lowest BCUT2D eigenvalue weighted by Crippen LogP contribution is -2.30. The summed E-state index contributed by atoms with van der Waals surface area (Å²) < 4.78 is 6.02. The molecule has 20 heavy (non-hydrogen) atoms. The number of para-hydroxylation sites is 1. The van der Waals surface area contributed by atoms with Crippen molar-refractivity contribution in [1.82, 2.24) is 0 Å². The lowest BCUT2D eigenvalue weighted by Gasteiger charge is -2.32. The van der Waals surface area contributed by atoms with Crippen LogP contribution in [0.3, 0.4) is 0 Å². The summed E-state index contributed by atoms with van der Waals surface area (Å²) >= 11 is 0. The van der Waals surface area contributed by atoms with Crippen molar-refractivity contribution in [1.29, 1.82) is 0 Å². The molecule has 1 saturated carbocycles. The maximum Gasteiger partial charge on any atom is 0.134 e. The van der Waals surface area contributed by atoms with E-state index in [0.717, 1.165) is 17.8 Å². The number of rotatable bonds is 3. The van der Waals surface area contributed by atoms with Crippen molar-refractivity contribution in [2.45, 2.75) is 52.5 Å². The van der Waals surface area contributed by atoms with Gasteiger partial charge in [-0.3, -0.25) is 0 Å². The minimum Gasteiger partial charge on any atom is -0.461 e. The Bertz CT molecular complexity index is 611. The third kappa shape index (κ3) is 2.07. The Morgan fingerprint density at radius 3 is 2.75 bits per heavy atom. The third-order valence-corrected chi connectivity index (χ3v) is 5.14. The average molecular weight is 271 g/mol. The zero-order chi connectivity index (χ0) is 14.3. The van der Waals surface area contributed by atoms with E-state index >= 15 is 0 Å². The predicted octanol–water partition coefficient (Wildman–Crippen LogP) is 4.82. The molecule has 0 amide bonds. The molecule has 1 aromatic carbocycles. The first-order chi connectivity index (χ1) is 9.54. The molecule has 1 heterocycles. The maximum absolute atomic E-state index is 6.70. The minimum atomic E-state index is 0.0890. The Kier molecular flexibility index (Phi) is 3.37. The molecule has 0 spiro atoms. The Labute approximate surface area is 121 Å². The highest BCUT2D eigenvalue weighted by atomic mass is 16.3. The third-order valence-electron chi connectivity index (χ3n) is 5.14. The van der Waals surface area contributed by atoms with E-state index < -0.39 is 0 Å². The highest BCUT2D eigenvalue weighted by Crippen LogP contribution is 2.49. The number of furan rings is 1.